The van der Waals surface area contributed by atoms with Crippen molar-refractivity contribution in [3.8, 4) is 5.75 Å². The summed E-state index contributed by atoms with van der Waals surface area (Å²) in [5, 5.41) is -0.288. The van der Waals surface area contributed by atoms with Gasteiger partial charge in [0.05, 0.1) is 24.8 Å². The normalized spacial score (nSPS) is 12.4. The standard InChI is InChI=1S/C17H13F2NO6/c1-3-24-16(22)9-6-20-7-11(17(23)25-4-2)26-15-12(19)10(18)5-8(13(15)20)14(9)21/h5-7H,3-4H2,1-2H3. The fourth-order valence-corrected chi connectivity index (χ4v) is 2.54. The predicted molar refractivity (Wildman–Crippen MR) is 85.6 cm³/mol. The number of rotatable bonds is 4. The van der Waals surface area contributed by atoms with E-state index in [1.165, 1.54) is 0 Å². The highest BCUT2D eigenvalue weighted by Gasteiger charge is 2.29. The number of hydrogen-bond acceptors (Lipinski definition) is 6. The largest absolute Gasteiger partial charge is 0.462 e. The van der Waals surface area contributed by atoms with E-state index < -0.39 is 46.1 Å². The van der Waals surface area contributed by atoms with Gasteiger partial charge in [0.15, 0.2) is 11.6 Å². The van der Waals surface area contributed by atoms with Gasteiger partial charge >= 0.3 is 11.9 Å². The molecule has 9 heteroatoms. The molecule has 0 bridgehead atoms. The maximum atomic E-state index is 14.2. The van der Waals surface area contributed by atoms with Gasteiger partial charge in [0.25, 0.3) is 0 Å². The Bertz CT molecular complexity index is 1020. The Hall–Kier alpha value is -3.23. The maximum Gasteiger partial charge on any atom is 0.375 e. The highest BCUT2D eigenvalue weighted by Crippen LogP contribution is 2.34. The van der Waals surface area contributed by atoms with E-state index in [2.05, 4.69) is 0 Å². The van der Waals surface area contributed by atoms with E-state index in [1.54, 1.807) is 13.8 Å². The molecule has 1 aliphatic rings. The van der Waals surface area contributed by atoms with Crippen LogP contribution >= 0.6 is 0 Å². The lowest BCUT2D eigenvalue weighted by atomic mass is 10.1. The molecule has 0 aliphatic carbocycles. The van der Waals surface area contributed by atoms with Gasteiger partial charge in [0.1, 0.15) is 11.1 Å². The van der Waals surface area contributed by atoms with E-state index in [9.17, 15) is 23.2 Å². The third-order valence-electron chi connectivity index (χ3n) is 3.61. The zero-order valence-corrected chi connectivity index (χ0v) is 13.8. The molecule has 7 nitrogen and oxygen atoms in total. The third-order valence-corrected chi connectivity index (χ3v) is 3.61. The van der Waals surface area contributed by atoms with Crippen molar-refractivity contribution in [3.05, 3.63) is 45.4 Å². The topological polar surface area (TPSA) is 83.8 Å². The van der Waals surface area contributed by atoms with Crippen molar-refractivity contribution in [2.24, 2.45) is 0 Å². The minimum Gasteiger partial charge on any atom is -0.462 e. The molecule has 1 aliphatic heterocycles. The Kier molecular flexibility index (Phi) is 4.45. The summed E-state index contributed by atoms with van der Waals surface area (Å²) in [6.45, 7) is 3.17. The number of esters is 2. The van der Waals surface area contributed by atoms with Crippen LogP contribution in [0.25, 0.3) is 17.1 Å². The van der Waals surface area contributed by atoms with Crippen LogP contribution in [0.2, 0.25) is 0 Å². The van der Waals surface area contributed by atoms with Crippen LogP contribution in [0, 0.1) is 11.6 Å². The number of aromatic nitrogens is 1. The summed E-state index contributed by atoms with van der Waals surface area (Å²) >= 11 is 0. The average molecular weight is 365 g/mol. The first kappa shape index (κ1) is 17.6. The monoisotopic (exact) mass is 365 g/mol. The van der Waals surface area contributed by atoms with Gasteiger partial charge in [-0.1, -0.05) is 0 Å². The molecule has 0 saturated heterocycles. The van der Waals surface area contributed by atoms with Crippen LogP contribution < -0.4 is 10.2 Å². The predicted octanol–water partition coefficient (Wildman–Crippen LogP) is 2.21. The van der Waals surface area contributed by atoms with Crippen molar-refractivity contribution in [2.75, 3.05) is 13.2 Å². The molecule has 0 fully saturated rings. The molecule has 2 heterocycles. The van der Waals surface area contributed by atoms with Crippen LogP contribution in [-0.4, -0.2) is 29.7 Å². The van der Waals surface area contributed by atoms with Crippen molar-refractivity contribution >= 4 is 29.0 Å². The Morgan fingerprint density at radius 3 is 2.46 bits per heavy atom. The number of pyridine rings is 1. The van der Waals surface area contributed by atoms with Gasteiger partial charge in [0.2, 0.25) is 17.0 Å². The van der Waals surface area contributed by atoms with Crippen LogP contribution in [0.15, 0.2) is 22.8 Å². The first-order valence-corrected chi connectivity index (χ1v) is 7.69. The quantitative estimate of drug-likeness (QED) is 0.773. The molecule has 0 spiro atoms. The molecule has 0 radical (unpaired) electrons. The highest BCUT2D eigenvalue weighted by molar-refractivity contribution is 5.99. The Labute approximate surface area is 145 Å². The maximum absolute atomic E-state index is 14.2. The summed E-state index contributed by atoms with van der Waals surface area (Å²) in [4.78, 5) is 36.4. The van der Waals surface area contributed by atoms with E-state index in [4.69, 9.17) is 14.2 Å². The molecule has 0 saturated carbocycles. The van der Waals surface area contributed by atoms with Crippen molar-refractivity contribution in [2.45, 2.75) is 13.8 Å². The van der Waals surface area contributed by atoms with Crippen LogP contribution in [0.5, 0.6) is 5.75 Å². The summed E-state index contributed by atoms with van der Waals surface area (Å²) in [5.41, 5.74) is -1.35. The van der Waals surface area contributed by atoms with Crippen LogP contribution in [0.4, 0.5) is 8.78 Å². The molecule has 0 atom stereocenters. The van der Waals surface area contributed by atoms with E-state index >= 15 is 0 Å². The van der Waals surface area contributed by atoms with Crippen molar-refractivity contribution in [1.29, 1.82) is 0 Å². The molecule has 0 amide bonds. The summed E-state index contributed by atoms with van der Waals surface area (Å²) < 4.78 is 44.0. The van der Waals surface area contributed by atoms with Gasteiger partial charge in [0, 0.05) is 6.20 Å². The lowest BCUT2D eigenvalue weighted by Crippen LogP contribution is -2.24. The minimum absolute atomic E-state index is 0.0202. The SMILES string of the molecule is CCOC(=O)C1=Cn2cc(C(=O)OCC)c(=O)c3cc(F)c(F)c(c32)O1. The highest BCUT2D eigenvalue weighted by atomic mass is 19.2. The smallest absolute Gasteiger partial charge is 0.375 e. The molecule has 2 aromatic rings. The first-order chi connectivity index (χ1) is 12.4. The zero-order valence-electron chi connectivity index (χ0n) is 13.8. The number of nitrogens with zero attached hydrogens (tertiary/aromatic N) is 1. The number of halogens is 2. The molecular formula is C17H13F2NO6. The van der Waals surface area contributed by atoms with Crippen LogP contribution in [0.3, 0.4) is 0 Å². The lowest BCUT2D eigenvalue weighted by molar-refractivity contribution is -0.140. The van der Waals surface area contributed by atoms with E-state index in [-0.39, 0.29) is 24.1 Å². The number of hydrogen-bond donors (Lipinski definition) is 0. The van der Waals surface area contributed by atoms with Crippen molar-refractivity contribution in [1.82, 2.24) is 4.57 Å². The summed E-state index contributed by atoms with van der Waals surface area (Å²) in [7, 11) is 0. The first-order valence-electron chi connectivity index (χ1n) is 7.69. The molecule has 1 aromatic heterocycles. The molecule has 0 N–H and O–H groups in total. The molecule has 3 rings (SSSR count). The van der Waals surface area contributed by atoms with Crippen molar-refractivity contribution < 1.29 is 32.6 Å². The summed E-state index contributed by atoms with van der Waals surface area (Å²) in [5.74, 6) is -5.63. The number of carbonyl (C=O) groups excluding carboxylic acids is 2. The fraction of sp³-hybridized carbons (Fsp3) is 0.235. The second kappa shape index (κ2) is 6.58. The molecule has 1 aromatic carbocycles. The third kappa shape index (κ3) is 2.71. The number of benzene rings is 1. The molecule has 26 heavy (non-hydrogen) atoms. The summed E-state index contributed by atoms with van der Waals surface area (Å²) in [6, 6.07) is 0.669. The summed E-state index contributed by atoms with van der Waals surface area (Å²) in [6.07, 6.45) is 2.19. The Balaban J connectivity index is 2.33. The molecular weight excluding hydrogens is 352 g/mol. The number of carbonyl (C=O) groups is 2. The van der Waals surface area contributed by atoms with E-state index in [0.29, 0.717) is 6.07 Å². The Morgan fingerprint density at radius 1 is 1.15 bits per heavy atom. The van der Waals surface area contributed by atoms with E-state index in [0.717, 1.165) is 17.0 Å². The van der Waals surface area contributed by atoms with Gasteiger partial charge in [-0.3, -0.25) is 4.79 Å². The van der Waals surface area contributed by atoms with Gasteiger partial charge in [-0.15, -0.1) is 0 Å². The van der Waals surface area contributed by atoms with Gasteiger partial charge in [-0.05, 0) is 19.9 Å². The van der Waals surface area contributed by atoms with Gasteiger partial charge in [-0.25, -0.2) is 14.0 Å². The average Bonchev–Trinajstić information content (AvgIpc) is 2.61. The van der Waals surface area contributed by atoms with Gasteiger partial charge in [-0.2, -0.15) is 4.39 Å². The van der Waals surface area contributed by atoms with Gasteiger partial charge < -0.3 is 18.8 Å². The zero-order chi connectivity index (χ0) is 19.0. The minimum atomic E-state index is -1.37. The fourth-order valence-electron chi connectivity index (χ4n) is 2.54. The lowest BCUT2D eigenvalue weighted by Gasteiger charge is -2.20. The molecule has 136 valence electrons. The molecule has 0 unspecified atom stereocenters. The van der Waals surface area contributed by atoms with Crippen LogP contribution in [-0.2, 0) is 14.3 Å². The second-order valence-corrected chi connectivity index (χ2v) is 5.21. The van der Waals surface area contributed by atoms with Crippen molar-refractivity contribution in [3.63, 3.8) is 0 Å². The number of ether oxygens (including phenoxy) is 3. The van der Waals surface area contributed by atoms with E-state index in [1.807, 2.05) is 0 Å². The van der Waals surface area contributed by atoms with Crippen LogP contribution in [0.1, 0.15) is 24.2 Å². The Morgan fingerprint density at radius 2 is 1.81 bits per heavy atom. The second-order valence-electron chi connectivity index (χ2n) is 5.21.